The molecule has 0 N–H and O–H groups in total. The number of aromatic nitrogens is 2. The molecule has 0 fully saturated rings. The van der Waals surface area contributed by atoms with Crippen molar-refractivity contribution in [2.24, 2.45) is 0 Å². The molecule has 0 atom stereocenters. The van der Waals surface area contributed by atoms with Crippen LogP contribution in [0.1, 0.15) is 33.3 Å². The summed E-state index contributed by atoms with van der Waals surface area (Å²) in [6.45, 7) is 10.1. The highest BCUT2D eigenvalue weighted by atomic mass is 15.2. The molecule has 0 spiro atoms. The van der Waals surface area contributed by atoms with Crippen molar-refractivity contribution < 1.29 is 0 Å². The Morgan fingerprint density at radius 1 is 0.800 bits per heavy atom. The van der Waals surface area contributed by atoms with Crippen molar-refractivity contribution in [3.63, 3.8) is 0 Å². The molecule has 2 aromatic heterocycles. The number of fused-ring (bicyclic) bond motifs is 1. The maximum atomic E-state index is 4.60. The van der Waals surface area contributed by atoms with E-state index in [1.54, 1.807) is 0 Å². The van der Waals surface area contributed by atoms with Gasteiger partial charge in [0.25, 0.3) is 0 Å². The van der Waals surface area contributed by atoms with Crippen LogP contribution in [0, 0.1) is 6.92 Å². The second-order valence-electron chi connectivity index (χ2n) is 3.87. The summed E-state index contributed by atoms with van der Waals surface area (Å²) in [5, 5.41) is 4.60. The summed E-state index contributed by atoms with van der Waals surface area (Å²) in [7, 11) is 0. The quantitative estimate of drug-likeness (QED) is 0.580. The maximum absolute atomic E-state index is 4.60. The Labute approximate surface area is 122 Å². The molecule has 2 nitrogen and oxygen atoms in total. The predicted octanol–water partition coefficient (Wildman–Crippen LogP) is 5.36. The van der Waals surface area contributed by atoms with Crippen LogP contribution >= 0.6 is 0 Å². The lowest BCUT2D eigenvalue weighted by Gasteiger charge is -1.96. The number of nitrogens with zero attached hydrogens (tertiary/aromatic N) is 2. The van der Waals surface area contributed by atoms with E-state index >= 15 is 0 Å². The van der Waals surface area contributed by atoms with E-state index in [0.717, 1.165) is 5.69 Å². The van der Waals surface area contributed by atoms with Crippen molar-refractivity contribution in [1.29, 1.82) is 0 Å². The second-order valence-corrected chi connectivity index (χ2v) is 3.87. The number of pyridine rings is 1. The molecule has 0 saturated heterocycles. The van der Waals surface area contributed by atoms with Crippen LogP contribution in [0.3, 0.4) is 0 Å². The zero-order valence-electron chi connectivity index (χ0n) is 13.1. The summed E-state index contributed by atoms with van der Waals surface area (Å²) < 4.78 is 1.93. The van der Waals surface area contributed by atoms with Gasteiger partial charge in [0.2, 0.25) is 0 Å². The Morgan fingerprint density at radius 2 is 1.40 bits per heavy atom. The second kappa shape index (κ2) is 8.16. The normalized spacial score (nSPS) is 9.25. The highest BCUT2D eigenvalue weighted by molar-refractivity contribution is 5.72. The molecule has 0 aliphatic heterocycles. The maximum Gasteiger partial charge on any atom is 0.0962 e. The van der Waals surface area contributed by atoms with Gasteiger partial charge >= 0.3 is 0 Å². The molecule has 2 heteroatoms. The van der Waals surface area contributed by atoms with Gasteiger partial charge in [-0.05, 0) is 19.1 Å². The van der Waals surface area contributed by atoms with E-state index in [1.807, 2.05) is 68.7 Å². The third-order valence-corrected chi connectivity index (χ3v) is 2.83. The fourth-order valence-electron chi connectivity index (χ4n) is 1.99. The minimum Gasteiger partial charge on any atom is -0.240 e. The van der Waals surface area contributed by atoms with E-state index in [1.165, 1.54) is 16.6 Å². The van der Waals surface area contributed by atoms with E-state index in [4.69, 9.17) is 0 Å². The molecule has 2 heterocycles. The van der Waals surface area contributed by atoms with E-state index in [0.29, 0.717) is 0 Å². The first-order valence-electron chi connectivity index (χ1n) is 7.35. The lowest BCUT2D eigenvalue weighted by molar-refractivity contribution is 0.966. The fourth-order valence-corrected chi connectivity index (χ4v) is 1.99. The van der Waals surface area contributed by atoms with Crippen LogP contribution < -0.4 is 0 Å². The zero-order chi connectivity index (χ0) is 15.0. The summed E-state index contributed by atoms with van der Waals surface area (Å²) in [5.74, 6) is 0. The monoisotopic (exact) mass is 268 g/mol. The van der Waals surface area contributed by atoms with E-state index < -0.39 is 0 Å². The SMILES string of the molecule is CC.CC.Cc1c(-c2ccccc2)nn2ccccc12. The number of benzene rings is 1. The van der Waals surface area contributed by atoms with Crippen LogP contribution in [-0.4, -0.2) is 9.61 Å². The number of hydrogen-bond donors (Lipinski definition) is 0. The van der Waals surface area contributed by atoms with Gasteiger partial charge in [-0.25, -0.2) is 4.52 Å². The number of rotatable bonds is 1. The molecule has 1 aromatic carbocycles. The van der Waals surface area contributed by atoms with Gasteiger partial charge in [0.15, 0.2) is 0 Å². The van der Waals surface area contributed by atoms with Crippen LogP contribution in [0.5, 0.6) is 0 Å². The van der Waals surface area contributed by atoms with E-state index in [9.17, 15) is 0 Å². The molecule has 106 valence electrons. The van der Waals surface area contributed by atoms with E-state index in [-0.39, 0.29) is 0 Å². The minimum atomic E-state index is 1.06. The lowest BCUT2D eigenvalue weighted by Crippen LogP contribution is -1.84. The van der Waals surface area contributed by atoms with Gasteiger partial charge in [-0.1, -0.05) is 64.1 Å². The molecule has 0 aliphatic rings. The standard InChI is InChI=1S/C14H12N2.2C2H6/c1-11-13-9-5-6-10-16(13)15-14(11)12-7-3-2-4-8-12;2*1-2/h2-10H,1H3;2*1-2H3. The Kier molecular flexibility index (Phi) is 6.51. The van der Waals surface area contributed by atoms with Crippen LogP contribution in [0.4, 0.5) is 0 Å². The largest absolute Gasteiger partial charge is 0.240 e. The molecule has 0 unspecified atom stereocenters. The predicted molar refractivity (Wildman–Crippen MR) is 88.1 cm³/mol. The fraction of sp³-hybridized carbons (Fsp3) is 0.278. The summed E-state index contributed by atoms with van der Waals surface area (Å²) in [4.78, 5) is 0. The first-order chi connectivity index (χ1) is 9.86. The Bertz CT molecular complexity index is 624. The van der Waals surface area contributed by atoms with Crippen LogP contribution in [0.2, 0.25) is 0 Å². The molecule has 3 rings (SSSR count). The van der Waals surface area contributed by atoms with Gasteiger partial charge in [0.1, 0.15) is 0 Å². The highest BCUT2D eigenvalue weighted by Crippen LogP contribution is 2.24. The van der Waals surface area contributed by atoms with Crippen LogP contribution in [0.15, 0.2) is 54.7 Å². The average Bonchev–Trinajstić information content (AvgIpc) is 2.90. The van der Waals surface area contributed by atoms with Gasteiger partial charge in [-0.15, -0.1) is 0 Å². The molecule has 3 aromatic rings. The van der Waals surface area contributed by atoms with Crippen LogP contribution in [0.25, 0.3) is 16.8 Å². The van der Waals surface area contributed by atoms with Crippen molar-refractivity contribution in [2.75, 3.05) is 0 Å². The van der Waals surface area contributed by atoms with Crippen molar-refractivity contribution in [2.45, 2.75) is 34.6 Å². The number of hydrogen-bond acceptors (Lipinski definition) is 1. The summed E-state index contributed by atoms with van der Waals surface area (Å²) >= 11 is 0. The molecule has 0 amide bonds. The Balaban J connectivity index is 0.000000461. The third-order valence-electron chi connectivity index (χ3n) is 2.83. The summed E-state index contributed by atoms with van der Waals surface area (Å²) in [6.07, 6.45) is 1.98. The van der Waals surface area contributed by atoms with E-state index in [2.05, 4.69) is 30.2 Å². The van der Waals surface area contributed by atoms with Crippen molar-refractivity contribution >= 4 is 5.52 Å². The van der Waals surface area contributed by atoms with Crippen molar-refractivity contribution in [1.82, 2.24) is 9.61 Å². The van der Waals surface area contributed by atoms with Crippen LogP contribution in [-0.2, 0) is 0 Å². The summed E-state index contributed by atoms with van der Waals surface area (Å²) in [6, 6.07) is 16.4. The van der Waals surface area contributed by atoms with Gasteiger partial charge in [0, 0.05) is 17.3 Å². The van der Waals surface area contributed by atoms with Gasteiger partial charge in [-0.3, -0.25) is 0 Å². The first-order valence-corrected chi connectivity index (χ1v) is 7.35. The van der Waals surface area contributed by atoms with Crippen molar-refractivity contribution in [3.05, 3.63) is 60.3 Å². The van der Waals surface area contributed by atoms with Gasteiger partial charge in [0.05, 0.1) is 11.2 Å². The molecular weight excluding hydrogens is 244 g/mol. The summed E-state index contributed by atoms with van der Waals surface area (Å²) in [5.41, 5.74) is 4.63. The third kappa shape index (κ3) is 3.27. The molecule has 0 bridgehead atoms. The average molecular weight is 268 g/mol. The smallest absolute Gasteiger partial charge is 0.0962 e. The number of aryl methyl sites for hydroxylation is 1. The Hall–Kier alpha value is -2.09. The molecule has 0 aliphatic carbocycles. The molecule has 20 heavy (non-hydrogen) atoms. The topological polar surface area (TPSA) is 17.3 Å². The zero-order valence-corrected chi connectivity index (χ0v) is 13.1. The lowest BCUT2D eigenvalue weighted by atomic mass is 10.1. The van der Waals surface area contributed by atoms with Crippen molar-refractivity contribution in [3.8, 4) is 11.3 Å². The molecule has 0 radical (unpaired) electrons. The molecular formula is C18H24N2. The van der Waals surface area contributed by atoms with Gasteiger partial charge < -0.3 is 0 Å². The van der Waals surface area contributed by atoms with Gasteiger partial charge in [-0.2, -0.15) is 5.10 Å². The minimum absolute atomic E-state index is 1.06. The Morgan fingerprint density at radius 3 is 2.00 bits per heavy atom. The molecule has 0 saturated carbocycles. The first kappa shape index (κ1) is 16.0. The highest BCUT2D eigenvalue weighted by Gasteiger charge is 2.08.